The number of hydrogen-bond acceptors (Lipinski definition) is 12. The molecule has 0 aliphatic heterocycles. The molecule has 12 unspecified atom stereocenters. The van der Waals surface area contributed by atoms with Crippen LogP contribution in [0.4, 0.5) is 0 Å². The molecule has 14 nitrogen and oxygen atoms in total. The van der Waals surface area contributed by atoms with E-state index >= 15 is 0 Å². The Labute approximate surface area is 289 Å². The fourth-order valence-corrected chi connectivity index (χ4v) is 4.58. The van der Waals surface area contributed by atoms with Crippen LogP contribution in [0.3, 0.4) is 0 Å². The minimum atomic E-state index is -1.38. The number of alkyl halides is 6. The Balaban J connectivity index is -0.000000562. The molecule has 0 spiro atoms. The van der Waals surface area contributed by atoms with E-state index in [9.17, 15) is 40.9 Å². The fourth-order valence-electron chi connectivity index (χ4n) is 2.74. The summed E-state index contributed by atoms with van der Waals surface area (Å²) in [6.45, 7) is 1.69. The van der Waals surface area contributed by atoms with Gasteiger partial charge in [0.2, 0.25) is 0 Å². The maximum Gasteiger partial charge on any atom is 0.131 e. The van der Waals surface area contributed by atoms with Crippen LogP contribution in [0.1, 0.15) is 0 Å². The van der Waals surface area contributed by atoms with Crippen LogP contribution in [-0.4, -0.2) is 194 Å². The van der Waals surface area contributed by atoms with Crippen molar-refractivity contribution >= 4 is 86.9 Å². The normalized spacial score (nSPS) is 20.1. The first-order chi connectivity index (χ1) is 19.6. The molecule has 0 saturated heterocycles. The number of rotatable bonds is 21. The van der Waals surface area contributed by atoms with E-state index in [-0.39, 0.29) is 34.4 Å². The Bertz CT molecular complexity index is 534. The molecular formula is C22H48Br4Cl2N2O12+2. The van der Waals surface area contributed by atoms with Crippen molar-refractivity contribution in [3.8, 4) is 0 Å². The van der Waals surface area contributed by atoms with Crippen molar-refractivity contribution in [2.24, 2.45) is 0 Å². The number of aliphatic hydroxyl groups is 12. The monoisotopic (exact) mass is 918 g/mol. The van der Waals surface area contributed by atoms with Gasteiger partial charge in [0, 0.05) is 21.3 Å². The molecule has 42 heavy (non-hydrogen) atoms. The van der Waals surface area contributed by atoms with Gasteiger partial charge in [0.1, 0.15) is 61.9 Å². The Kier molecular flexibility index (Phi) is 34.9. The largest absolute Gasteiger partial charge is 0.389 e. The quantitative estimate of drug-likeness (QED) is 0.0380. The molecular weight excluding hydrogens is 875 g/mol. The highest BCUT2D eigenvalue weighted by molar-refractivity contribution is 9.09. The molecule has 0 saturated carbocycles. The zero-order valence-corrected chi connectivity index (χ0v) is 30.6. The van der Waals surface area contributed by atoms with Gasteiger partial charge < -0.3 is 71.9 Å². The van der Waals surface area contributed by atoms with E-state index in [2.05, 4.69) is 63.7 Å². The lowest BCUT2D eigenvalue weighted by Gasteiger charge is -2.24. The first-order valence-electron chi connectivity index (χ1n) is 12.8. The number of halogens is 6. The molecule has 12 atom stereocenters. The van der Waals surface area contributed by atoms with Crippen molar-refractivity contribution in [1.82, 2.24) is 0 Å². The lowest BCUT2D eigenvalue weighted by atomic mass is 10.0. The molecule has 0 heterocycles. The lowest BCUT2D eigenvalue weighted by molar-refractivity contribution is -0.661. The van der Waals surface area contributed by atoms with E-state index in [1.165, 1.54) is 0 Å². The summed E-state index contributed by atoms with van der Waals surface area (Å²) in [5, 5.41) is 116. The van der Waals surface area contributed by atoms with Gasteiger partial charge in [-0.1, -0.05) is 63.7 Å². The van der Waals surface area contributed by atoms with Crippen LogP contribution in [0, 0.1) is 0 Å². The van der Waals surface area contributed by atoms with Gasteiger partial charge in [0.05, 0.1) is 49.3 Å². The number of hydrogen-bond donors (Lipinski definition) is 14. The van der Waals surface area contributed by atoms with Gasteiger partial charge in [-0.05, 0) is 0 Å². The molecule has 0 aromatic heterocycles. The molecule has 0 aliphatic carbocycles. The van der Waals surface area contributed by atoms with Crippen molar-refractivity contribution in [3.63, 3.8) is 0 Å². The summed E-state index contributed by atoms with van der Waals surface area (Å²) in [4.78, 5) is 0. The average molecular weight is 923 g/mol. The molecule has 0 radical (unpaired) electrons. The zero-order chi connectivity index (χ0) is 33.4. The van der Waals surface area contributed by atoms with E-state index in [1.807, 2.05) is 0 Å². The highest BCUT2D eigenvalue weighted by Gasteiger charge is 2.32. The molecule has 0 rings (SSSR count). The van der Waals surface area contributed by atoms with Crippen molar-refractivity contribution in [3.05, 3.63) is 0 Å². The predicted octanol–water partition coefficient (Wildman–Crippen LogP) is -5.53. The van der Waals surface area contributed by atoms with Gasteiger partial charge in [0.15, 0.2) is 0 Å². The molecule has 0 fully saturated rings. The first-order valence-corrected chi connectivity index (χ1v) is 18.3. The van der Waals surface area contributed by atoms with Crippen LogP contribution in [-0.2, 0) is 0 Å². The highest BCUT2D eigenvalue weighted by atomic mass is 79.9. The maximum absolute atomic E-state index is 9.66. The van der Waals surface area contributed by atoms with Crippen LogP contribution in [0.25, 0.3) is 0 Å². The van der Waals surface area contributed by atoms with Gasteiger partial charge in [-0.2, -0.15) is 0 Å². The van der Waals surface area contributed by atoms with Gasteiger partial charge in [-0.25, -0.2) is 0 Å². The van der Waals surface area contributed by atoms with E-state index in [4.69, 9.17) is 43.6 Å². The molecule has 0 aromatic rings. The zero-order valence-electron chi connectivity index (χ0n) is 22.8. The van der Waals surface area contributed by atoms with Gasteiger partial charge in [0.25, 0.3) is 0 Å². The maximum atomic E-state index is 9.66. The second kappa shape index (κ2) is 30.3. The molecule has 0 aromatic carbocycles. The molecule has 0 bridgehead atoms. The summed E-state index contributed by atoms with van der Waals surface area (Å²) in [6.07, 6.45) is -14.6. The molecule has 16 N–H and O–H groups in total. The standard InChI is InChI=1S/C10H22Cl2N2O4.2C6H12Br2O4/c11-1-3-13-5-7(15)9(17)10(18)8(16)6-14-4-2-12;2*7-1-3(9)5(11)6(12)4(10)2-8/h7-10,13-18H,1-6H2;2*3-6,9-12H,1-2H2/p+2. The van der Waals surface area contributed by atoms with Crippen LogP contribution in [0.2, 0.25) is 0 Å². The van der Waals surface area contributed by atoms with E-state index < -0.39 is 73.2 Å². The number of nitrogens with two attached hydrogens (primary N) is 2. The third-order valence-corrected chi connectivity index (χ3v) is 8.58. The van der Waals surface area contributed by atoms with Gasteiger partial charge >= 0.3 is 0 Å². The Morgan fingerprint density at radius 1 is 0.381 bits per heavy atom. The van der Waals surface area contributed by atoms with E-state index in [0.717, 1.165) is 0 Å². The van der Waals surface area contributed by atoms with Crippen molar-refractivity contribution in [2.75, 3.05) is 59.3 Å². The fraction of sp³-hybridized carbons (Fsp3) is 1.00. The van der Waals surface area contributed by atoms with Gasteiger partial charge in [-0.3, -0.25) is 0 Å². The number of aliphatic hydroxyl groups excluding tert-OH is 12. The minimum absolute atomic E-state index is 0.153. The molecule has 0 amide bonds. The Morgan fingerprint density at radius 3 is 0.738 bits per heavy atom. The highest BCUT2D eigenvalue weighted by Crippen LogP contribution is 2.09. The Morgan fingerprint density at radius 2 is 0.571 bits per heavy atom. The van der Waals surface area contributed by atoms with E-state index in [0.29, 0.717) is 24.8 Å². The Hall–Kier alpha value is 1.94. The van der Waals surface area contributed by atoms with Crippen molar-refractivity contribution < 1.29 is 71.9 Å². The first kappa shape index (κ1) is 48.3. The van der Waals surface area contributed by atoms with Crippen molar-refractivity contribution in [1.29, 1.82) is 0 Å². The van der Waals surface area contributed by atoms with Crippen LogP contribution in [0.5, 0.6) is 0 Å². The summed E-state index contributed by atoms with van der Waals surface area (Å²) >= 11 is 22.7. The smallest absolute Gasteiger partial charge is 0.131 e. The molecule has 20 heteroatoms. The lowest BCUT2D eigenvalue weighted by Crippen LogP contribution is -2.88. The predicted molar refractivity (Wildman–Crippen MR) is 172 cm³/mol. The third-order valence-electron chi connectivity index (χ3n) is 5.49. The van der Waals surface area contributed by atoms with Crippen LogP contribution < -0.4 is 10.6 Å². The summed E-state index contributed by atoms with van der Waals surface area (Å²) in [5.41, 5.74) is 0. The van der Waals surface area contributed by atoms with Crippen LogP contribution >= 0.6 is 86.9 Å². The van der Waals surface area contributed by atoms with Crippen molar-refractivity contribution in [2.45, 2.75) is 73.2 Å². The average Bonchev–Trinajstić information content (AvgIpc) is 3.01. The minimum Gasteiger partial charge on any atom is -0.389 e. The summed E-state index contributed by atoms with van der Waals surface area (Å²) in [7, 11) is 0. The molecule has 258 valence electrons. The molecule has 0 aliphatic rings. The number of quaternary nitrogens is 2. The second-order valence-electron chi connectivity index (χ2n) is 8.97. The summed E-state index contributed by atoms with van der Waals surface area (Å²) in [6, 6.07) is 0. The third kappa shape index (κ3) is 22.5. The van der Waals surface area contributed by atoms with E-state index in [1.54, 1.807) is 10.6 Å². The SMILES string of the molecule is OC(CBr)C(O)C(O)C(O)CBr.OC(CBr)C(O)C(O)C(O)CBr.OC(C[NH2+]CCCl)C(O)C(O)C(O)C[NH2+]CCCl. The van der Waals surface area contributed by atoms with Gasteiger partial charge in [-0.15, -0.1) is 23.2 Å². The summed E-state index contributed by atoms with van der Waals surface area (Å²) < 4.78 is 0. The second-order valence-corrected chi connectivity index (χ2v) is 12.3. The topological polar surface area (TPSA) is 276 Å². The summed E-state index contributed by atoms with van der Waals surface area (Å²) in [5.74, 6) is 0.892. The van der Waals surface area contributed by atoms with Crippen LogP contribution in [0.15, 0.2) is 0 Å².